The van der Waals surface area contributed by atoms with Gasteiger partial charge in [0.1, 0.15) is 11.9 Å². The normalized spacial score (nSPS) is 11.2. The van der Waals surface area contributed by atoms with Crippen LogP contribution in [0.5, 0.6) is 0 Å². The lowest BCUT2D eigenvalue weighted by Crippen LogP contribution is -2.15. The van der Waals surface area contributed by atoms with E-state index >= 15 is 0 Å². The molecule has 0 N–H and O–H groups in total. The van der Waals surface area contributed by atoms with E-state index in [4.69, 9.17) is 11.9 Å². The van der Waals surface area contributed by atoms with Crippen molar-refractivity contribution in [2.75, 3.05) is 0 Å². The summed E-state index contributed by atoms with van der Waals surface area (Å²) < 4.78 is 40.2. The highest BCUT2D eigenvalue weighted by molar-refractivity contribution is 6.16. The molecule has 82 valence electrons. The fraction of sp³-hybridized carbons (Fsp3) is 0.222. The van der Waals surface area contributed by atoms with Crippen LogP contribution in [0.3, 0.4) is 0 Å². The zero-order valence-corrected chi connectivity index (χ0v) is 8.10. The Balaban J connectivity index is 3.02. The Morgan fingerprint density at radius 1 is 1.33 bits per heavy atom. The number of hydrogen-bond donors (Lipinski definition) is 0. The second-order valence-electron chi connectivity index (χ2n) is 2.81. The van der Waals surface area contributed by atoms with E-state index in [2.05, 4.69) is 4.29 Å². The van der Waals surface area contributed by atoms with Crippen LogP contribution >= 0.6 is 11.9 Å². The van der Waals surface area contributed by atoms with Gasteiger partial charge < -0.3 is 4.29 Å². The Bertz CT molecular complexity index is 363. The molecule has 0 spiro atoms. The molecule has 0 fully saturated rings. The molecule has 0 saturated heterocycles. The van der Waals surface area contributed by atoms with Gasteiger partial charge in [-0.25, -0.2) is 4.79 Å². The van der Waals surface area contributed by atoms with E-state index in [0.717, 1.165) is 0 Å². The van der Waals surface area contributed by atoms with Crippen molar-refractivity contribution < 1.29 is 22.3 Å². The van der Waals surface area contributed by atoms with Crippen LogP contribution in [0.4, 0.5) is 13.2 Å². The van der Waals surface area contributed by atoms with Crippen LogP contribution in [0.2, 0.25) is 0 Å². The van der Waals surface area contributed by atoms with Gasteiger partial charge in [-0.05, 0) is 11.6 Å². The molecule has 1 aromatic carbocycles. The van der Waals surface area contributed by atoms with Crippen molar-refractivity contribution in [3.8, 4) is 0 Å². The zero-order valence-electron chi connectivity index (χ0n) is 7.34. The largest absolute Gasteiger partial charge is 0.393 e. The fourth-order valence-electron chi connectivity index (χ4n) is 1.13. The molecule has 6 heteroatoms. The zero-order chi connectivity index (χ0) is 11.5. The Kier molecular flexibility index (Phi) is 3.57. The molecule has 0 amide bonds. The smallest absolute Gasteiger partial charge is 0.343 e. The maximum absolute atomic E-state index is 12.1. The molecule has 0 radical (unpaired) electrons. The summed E-state index contributed by atoms with van der Waals surface area (Å²) in [6, 6.07) is 5.28. The van der Waals surface area contributed by atoms with Crippen LogP contribution in [-0.2, 0) is 10.7 Å². The van der Waals surface area contributed by atoms with Crippen molar-refractivity contribution in [1.29, 1.82) is 0 Å². The molecule has 15 heavy (non-hydrogen) atoms. The van der Waals surface area contributed by atoms with Crippen molar-refractivity contribution in [3.63, 3.8) is 0 Å². The molecule has 1 aromatic rings. The molecule has 2 nitrogen and oxygen atoms in total. The monoisotopic (exact) mass is 238 g/mol. The third-order valence-corrected chi connectivity index (χ3v) is 1.84. The first kappa shape index (κ1) is 11.8. The summed E-state index contributed by atoms with van der Waals surface area (Å²) in [5.41, 5.74) is -0.333. The molecular weight excluding hydrogens is 233 g/mol. The minimum absolute atomic E-state index is 0.157. The number of halogens is 4. The quantitative estimate of drug-likeness (QED) is 0.791. The van der Waals surface area contributed by atoms with Gasteiger partial charge >= 0.3 is 12.1 Å². The van der Waals surface area contributed by atoms with Crippen molar-refractivity contribution in [2.45, 2.75) is 12.6 Å². The number of hydrogen-bond acceptors (Lipinski definition) is 2. The summed E-state index contributed by atoms with van der Waals surface area (Å²) >= 11 is 4.80. The minimum atomic E-state index is -4.37. The van der Waals surface area contributed by atoms with Crippen molar-refractivity contribution in [3.05, 3.63) is 35.4 Å². The summed E-state index contributed by atoms with van der Waals surface area (Å²) in [6.45, 7) is 0. The summed E-state index contributed by atoms with van der Waals surface area (Å²) in [4.78, 5) is 11.0. The van der Waals surface area contributed by atoms with E-state index in [1.54, 1.807) is 0 Å². The Morgan fingerprint density at radius 2 is 1.93 bits per heavy atom. The first-order chi connectivity index (χ1) is 6.94. The number of benzene rings is 1. The Labute approximate surface area is 88.8 Å². The standard InChI is InChI=1S/C9H6ClF3O2/c10-15-8(14)7-4-2-1-3-6(7)5-9(11,12)13/h1-4H,5H2. The highest BCUT2D eigenvalue weighted by atomic mass is 35.5. The average Bonchev–Trinajstić information content (AvgIpc) is 2.15. The average molecular weight is 239 g/mol. The maximum Gasteiger partial charge on any atom is 0.393 e. The van der Waals surface area contributed by atoms with Crippen LogP contribution in [0.15, 0.2) is 24.3 Å². The Morgan fingerprint density at radius 3 is 2.47 bits per heavy atom. The number of rotatable bonds is 2. The number of carbonyl (C=O) groups is 1. The molecular formula is C9H6ClF3O2. The lowest BCUT2D eigenvalue weighted by atomic mass is 10.0. The van der Waals surface area contributed by atoms with Gasteiger partial charge in [0.25, 0.3) is 0 Å². The number of alkyl halides is 3. The minimum Gasteiger partial charge on any atom is -0.343 e. The van der Waals surface area contributed by atoms with E-state index in [0.29, 0.717) is 0 Å². The van der Waals surface area contributed by atoms with Crippen LogP contribution in [0.25, 0.3) is 0 Å². The molecule has 0 bridgehead atoms. The molecule has 0 aromatic heterocycles. The molecule has 1 rings (SSSR count). The number of carbonyl (C=O) groups excluding carboxylic acids is 1. The van der Waals surface area contributed by atoms with Crippen LogP contribution in [0.1, 0.15) is 15.9 Å². The predicted molar refractivity (Wildman–Crippen MR) is 47.5 cm³/mol. The van der Waals surface area contributed by atoms with Gasteiger partial charge in [0, 0.05) is 0 Å². The molecule has 0 atom stereocenters. The topological polar surface area (TPSA) is 26.3 Å². The third-order valence-electron chi connectivity index (χ3n) is 1.70. The molecule has 0 aliphatic heterocycles. The fourth-order valence-corrected chi connectivity index (χ4v) is 1.21. The van der Waals surface area contributed by atoms with Crippen molar-refractivity contribution in [2.24, 2.45) is 0 Å². The first-order valence-corrected chi connectivity index (χ1v) is 4.22. The van der Waals surface area contributed by atoms with Gasteiger partial charge in [0.15, 0.2) is 0 Å². The van der Waals surface area contributed by atoms with Gasteiger partial charge in [0.05, 0.1) is 12.0 Å². The molecule has 0 saturated carbocycles. The Hall–Kier alpha value is -1.23. The van der Waals surface area contributed by atoms with Crippen LogP contribution < -0.4 is 0 Å². The summed E-state index contributed by atoms with van der Waals surface area (Å²) in [6.07, 6.45) is -5.56. The van der Waals surface area contributed by atoms with E-state index in [9.17, 15) is 18.0 Å². The second kappa shape index (κ2) is 4.53. The van der Waals surface area contributed by atoms with Crippen LogP contribution in [0, 0.1) is 0 Å². The van der Waals surface area contributed by atoms with E-state index < -0.39 is 18.6 Å². The van der Waals surface area contributed by atoms with Crippen LogP contribution in [-0.4, -0.2) is 12.1 Å². The van der Waals surface area contributed by atoms with E-state index in [-0.39, 0.29) is 11.1 Å². The maximum atomic E-state index is 12.1. The van der Waals surface area contributed by atoms with E-state index in [1.165, 1.54) is 24.3 Å². The van der Waals surface area contributed by atoms with Gasteiger partial charge in [-0.15, -0.1) is 0 Å². The molecule has 0 aliphatic carbocycles. The van der Waals surface area contributed by atoms with Crippen molar-refractivity contribution in [1.82, 2.24) is 0 Å². The lowest BCUT2D eigenvalue weighted by Gasteiger charge is -2.09. The van der Waals surface area contributed by atoms with Crippen molar-refractivity contribution >= 4 is 17.8 Å². The van der Waals surface area contributed by atoms with Gasteiger partial charge in [-0.1, -0.05) is 18.2 Å². The summed E-state index contributed by atoms with van der Waals surface area (Å²) in [5, 5.41) is 0. The summed E-state index contributed by atoms with van der Waals surface area (Å²) in [7, 11) is 0. The third kappa shape index (κ3) is 3.43. The molecule has 0 aliphatic rings. The first-order valence-electron chi connectivity index (χ1n) is 3.91. The second-order valence-corrected chi connectivity index (χ2v) is 2.97. The highest BCUT2D eigenvalue weighted by Crippen LogP contribution is 2.23. The van der Waals surface area contributed by atoms with Gasteiger partial charge in [-0.2, -0.15) is 13.2 Å². The summed E-state index contributed by atoms with van der Waals surface area (Å²) in [5.74, 6) is -0.989. The molecule has 0 heterocycles. The molecule has 0 unspecified atom stereocenters. The SMILES string of the molecule is O=C(OCl)c1ccccc1CC(F)(F)F. The highest BCUT2D eigenvalue weighted by Gasteiger charge is 2.29. The lowest BCUT2D eigenvalue weighted by molar-refractivity contribution is -0.127. The predicted octanol–water partition coefficient (Wildman–Crippen LogP) is 3.10. The van der Waals surface area contributed by atoms with Gasteiger partial charge in [-0.3, -0.25) is 0 Å². The van der Waals surface area contributed by atoms with Gasteiger partial charge in [0.2, 0.25) is 0 Å². The van der Waals surface area contributed by atoms with E-state index in [1.807, 2.05) is 0 Å².